The molecule has 0 aliphatic rings. The molecule has 5 heteroatoms. The summed E-state index contributed by atoms with van der Waals surface area (Å²) in [5.41, 5.74) is 2.76. The van der Waals surface area contributed by atoms with Crippen LogP contribution in [0.25, 0.3) is 0 Å². The van der Waals surface area contributed by atoms with E-state index in [-0.39, 0.29) is 0 Å². The highest BCUT2D eigenvalue weighted by molar-refractivity contribution is 9.09. The number of hydrogen-bond acceptors (Lipinski definition) is 2. The lowest BCUT2D eigenvalue weighted by molar-refractivity contribution is -0.138. The van der Waals surface area contributed by atoms with Gasteiger partial charge < -0.3 is 10.6 Å². The van der Waals surface area contributed by atoms with E-state index in [1.165, 1.54) is 43.9 Å². The minimum absolute atomic E-state index is 0.520. The molecule has 0 aliphatic carbocycles. The second kappa shape index (κ2) is 12.1. The molecule has 4 nitrogen and oxygen atoms in total. The Morgan fingerprint density at radius 3 is 2.13 bits per heavy atom. The fourth-order valence-electron chi connectivity index (χ4n) is 2.48. The number of rotatable bonds is 10. The average Bonchev–Trinajstić information content (AvgIpc) is 2.58. The maximum absolute atomic E-state index is 11.4. The van der Waals surface area contributed by atoms with Crippen molar-refractivity contribution in [1.82, 2.24) is 10.6 Å². The van der Waals surface area contributed by atoms with Crippen molar-refractivity contribution in [3.8, 4) is 0 Å². The van der Waals surface area contributed by atoms with Crippen molar-refractivity contribution in [2.75, 3.05) is 18.9 Å². The van der Waals surface area contributed by atoms with Crippen molar-refractivity contribution in [2.24, 2.45) is 0 Å². The van der Waals surface area contributed by atoms with Gasteiger partial charge in [0, 0.05) is 18.9 Å². The van der Waals surface area contributed by atoms with Crippen LogP contribution >= 0.6 is 15.9 Å². The SMILES string of the molecule is CNC(=O)C(=O)NCCCc1ccccc1CCCCCCBr. The zero-order valence-corrected chi connectivity index (χ0v) is 15.5. The predicted octanol–water partition coefficient (Wildman–Crippen LogP) is 2.98. The highest BCUT2D eigenvalue weighted by Gasteiger charge is 2.09. The fourth-order valence-corrected chi connectivity index (χ4v) is 2.88. The third-order valence-corrected chi connectivity index (χ3v) is 4.35. The summed E-state index contributed by atoms with van der Waals surface area (Å²) in [7, 11) is 1.45. The minimum Gasteiger partial charge on any atom is -0.351 e. The Bertz CT molecular complexity index is 492. The Morgan fingerprint density at radius 2 is 1.52 bits per heavy atom. The number of aryl methyl sites for hydroxylation is 2. The van der Waals surface area contributed by atoms with E-state index >= 15 is 0 Å². The number of benzene rings is 1. The number of amides is 2. The topological polar surface area (TPSA) is 58.2 Å². The fraction of sp³-hybridized carbons (Fsp3) is 0.556. The summed E-state index contributed by atoms with van der Waals surface area (Å²) >= 11 is 3.46. The molecule has 2 amide bonds. The van der Waals surface area contributed by atoms with Crippen LogP contribution in [0, 0.1) is 0 Å². The Labute approximate surface area is 147 Å². The number of nitrogens with one attached hydrogen (secondary N) is 2. The summed E-state index contributed by atoms with van der Waals surface area (Å²) in [6.45, 7) is 0.520. The van der Waals surface area contributed by atoms with Gasteiger partial charge in [-0.1, -0.05) is 53.0 Å². The van der Waals surface area contributed by atoms with Gasteiger partial charge in [0.25, 0.3) is 0 Å². The molecule has 0 heterocycles. The molecule has 2 N–H and O–H groups in total. The van der Waals surface area contributed by atoms with E-state index in [1.54, 1.807) is 0 Å². The second-order valence-electron chi connectivity index (χ2n) is 5.56. The van der Waals surface area contributed by atoms with Crippen LogP contribution in [-0.2, 0) is 22.4 Å². The molecule has 0 radical (unpaired) electrons. The van der Waals surface area contributed by atoms with Crippen LogP contribution in [0.15, 0.2) is 24.3 Å². The minimum atomic E-state index is -0.589. The monoisotopic (exact) mass is 382 g/mol. The predicted molar refractivity (Wildman–Crippen MR) is 97.8 cm³/mol. The first-order chi connectivity index (χ1) is 11.2. The van der Waals surface area contributed by atoms with Gasteiger partial charge in [-0.15, -0.1) is 0 Å². The molecule has 1 aromatic carbocycles. The molecule has 0 bridgehead atoms. The van der Waals surface area contributed by atoms with Crippen molar-refractivity contribution in [3.05, 3.63) is 35.4 Å². The van der Waals surface area contributed by atoms with E-state index in [4.69, 9.17) is 0 Å². The van der Waals surface area contributed by atoms with Gasteiger partial charge in [0.15, 0.2) is 0 Å². The highest BCUT2D eigenvalue weighted by atomic mass is 79.9. The van der Waals surface area contributed by atoms with Crippen LogP contribution < -0.4 is 10.6 Å². The summed E-state index contributed by atoms with van der Waals surface area (Å²) in [4.78, 5) is 22.5. The first kappa shape index (κ1) is 19.7. The number of halogens is 1. The number of likely N-dealkylation sites (N-methyl/N-ethyl adjacent to an activating group) is 1. The third-order valence-electron chi connectivity index (χ3n) is 3.79. The molecule has 0 saturated heterocycles. The third kappa shape index (κ3) is 8.16. The first-order valence-electron chi connectivity index (χ1n) is 8.31. The van der Waals surface area contributed by atoms with Crippen LogP contribution in [0.2, 0.25) is 0 Å². The smallest absolute Gasteiger partial charge is 0.309 e. The molecule has 0 aromatic heterocycles. The molecule has 0 atom stereocenters. The number of carbonyl (C=O) groups is 2. The van der Waals surface area contributed by atoms with Crippen molar-refractivity contribution < 1.29 is 9.59 Å². The van der Waals surface area contributed by atoms with E-state index in [1.807, 2.05) is 0 Å². The molecular weight excluding hydrogens is 356 g/mol. The zero-order valence-electron chi connectivity index (χ0n) is 13.9. The molecular formula is C18H27BrN2O2. The molecule has 0 fully saturated rings. The van der Waals surface area contributed by atoms with Gasteiger partial charge in [-0.2, -0.15) is 0 Å². The van der Waals surface area contributed by atoms with E-state index < -0.39 is 11.8 Å². The Kier molecular flexibility index (Phi) is 10.4. The van der Waals surface area contributed by atoms with Gasteiger partial charge in [0.2, 0.25) is 0 Å². The number of carbonyl (C=O) groups excluding carboxylic acids is 2. The molecule has 0 unspecified atom stereocenters. The van der Waals surface area contributed by atoms with Crippen LogP contribution in [-0.4, -0.2) is 30.7 Å². The van der Waals surface area contributed by atoms with Crippen molar-refractivity contribution in [2.45, 2.75) is 44.9 Å². The lowest BCUT2D eigenvalue weighted by Gasteiger charge is -2.10. The standard InChI is InChI=1S/C18H27BrN2O2/c1-20-17(22)18(23)21-14-8-12-16-11-6-5-10-15(16)9-4-2-3-7-13-19/h5-6,10-11H,2-4,7-9,12-14H2,1H3,(H,20,22)(H,21,23). The molecule has 128 valence electrons. The number of unbranched alkanes of at least 4 members (excludes halogenated alkanes) is 3. The van der Waals surface area contributed by atoms with Crippen LogP contribution in [0.5, 0.6) is 0 Å². The zero-order chi connectivity index (χ0) is 16.9. The van der Waals surface area contributed by atoms with Crippen LogP contribution in [0.3, 0.4) is 0 Å². The molecule has 1 rings (SSSR count). The molecule has 0 saturated carbocycles. The lowest BCUT2D eigenvalue weighted by Crippen LogP contribution is -2.38. The van der Waals surface area contributed by atoms with Gasteiger partial charge in [-0.25, -0.2) is 0 Å². The van der Waals surface area contributed by atoms with Crippen LogP contribution in [0.4, 0.5) is 0 Å². The maximum atomic E-state index is 11.4. The Morgan fingerprint density at radius 1 is 0.913 bits per heavy atom. The van der Waals surface area contributed by atoms with Gasteiger partial charge in [0.1, 0.15) is 0 Å². The normalized spacial score (nSPS) is 10.3. The van der Waals surface area contributed by atoms with E-state index in [9.17, 15) is 9.59 Å². The highest BCUT2D eigenvalue weighted by Crippen LogP contribution is 2.15. The van der Waals surface area contributed by atoms with Gasteiger partial charge in [0.05, 0.1) is 0 Å². The second-order valence-corrected chi connectivity index (χ2v) is 6.35. The van der Waals surface area contributed by atoms with Gasteiger partial charge in [-0.3, -0.25) is 9.59 Å². The quantitative estimate of drug-likeness (QED) is 0.371. The largest absolute Gasteiger partial charge is 0.351 e. The first-order valence-corrected chi connectivity index (χ1v) is 9.43. The van der Waals surface area contributed by atoms with Crippen LogP contribution in [0.1, 0.15) is 43.2 Å². The molecule has 1 aromatic rings. The summed E-state index contributed by atoms with van der Waals surface area (Å²) in [5.74, 6) is -1.15. The van der Waals surface area contributed by atoms with E-state index in [0.717, 1.165) is 24.6 Å². The average molecular weight is 383 g/mol. The van der Waals surface area contributed by atoms with Crippen molar-refractivity contribution in [1.29, 1.82) is 0 Å². The molecule has 0 aliphatic heterocycles. The maximum Gasteiger partial charge on any atom is 0.309 e. The number of hydrogen-bond donors (Lipinski definition) is 2. The summed E-state index contributed by atoms with van der Waals surface area (Å²) in [6.07, 6.45) is 7.88. The summed E-state index contributed by atoms with van der Waals surface area (Å²) in [6, 6.07) is 8.51. The van der Waals surface area contributed by atoms with Gasteiger partial charge in [-0.05, 0) is 43.2 Å². The Balaban J connectivity index is 2.33. The lowest BCUT2D eigenvalue weighted by atomic mass is 9.98. The molecule has 0 spiro atoms. The van der Waals surface area contributed by atoms with Gasteiger partial charge >= 0.3 is 11.8 Å². The molecule has 23 heavy (non-hydrogen) atoms. The van der Waals surface area contributed by atoms with E-state index in [2.05, 4.69) is 50.8 Å². The van der Waals surface area contributed by atoms with E-state index in [0.29, 0.717) is 6.54 Å². The summed E-state index contributed by atoms with van der Waals surface area (Å²) in [5, 5.41) is 6.04. The van der Waals surface area contributed by atoms with Crippen molar-refractivity contribution >= 4 is 27.7 Å². The Hall–Kier alpha value is -1.36. The number of alkyl halides is 1. The van der Waals surface area contributed by atoms with Crippen molar-refractivity contribution in [3.63, 3.8) is 0 Å². The summed E-state index contributed by atoms with van der Waals surface area (Å²) < 4.78 is 0.